The van der Waals surface area contributed by atoms with Gasteiger partial charge in [-0.15, -0.1) is 0 Å². The van der Waals surface area contributed by atoms with Gasteiger partial charge in [0.05, 0.1) is 21.3 Å². The van der Waals surface area contributed by atoms with Crippen LogP contribution >= 0.6 is 0 Å². The predicted molar refractivity (Wildman–Crippen MR) is 183 cm³/mol. The third-order valence-electron chi connectivity index (χ3n) is 10.2. The molecule has 48 heavy (non-hydrogen) atoms. The van der Waals surface area contributed by atoms with Gasteiger partial charge in [-0.2, -0.15) is 0 Å². The number of rotatable bonds is 3. The molecule has 0 amide bonds. The summed E-state index contributed by atoms with van der Waals surface area (Å²) >= 11 is 0. The number of likely N-dealkylation sites (N-methyl/N-ethyl adjacent to an activating group) is 2. The molecule has 4 aliphatic rings. The quantitative estimate of drug-likeness (QED) is 0.197. The zero-order chi connectivity index (χ0) is 33.1. The molecule has 9 rings (SSSR count). The van der Waals surface area contributed by atoms with Crippen molar-refractivity contribution in [2.45, 2.75) is 44.7 Å². The van der Waals surface area contributed by atoms with E-state index in [-0.39, 0.29) is 12.1 Å². The smallest absolute Gasteiger partial charge is 0.204 e. The van der Waals surface area contributed by atoms with E-state index in [0.29, 0.717) is 52.4 Å². The highest BCUT2D eigenvalue weighted by Crippen LogP contribution is 2.52. The number of hydrogen-bond acceptors (Lipinski definition) is 9. The molecule has 4 aliphatic heterocycles. The number of aryl methyl sites for hydroxylation is 1. The normalized spacial score (nSPS) is 19.1. The standard InChI is InChI=1S/C39H41N3O6/c1-22-40-29-15-24-17-31-36-26(12-14-42(31)3)20-34(44-5)38(45-6)39(36)48-33-21-28-25(19-32(33)43-4)11-13-41(2)30(28)16-23-7-9-27(10-8-23)47-35(18-24)37(29)46-22/h7-10,15,18-21,30-31H,11-14,16-17H2,1-6H3/t30-,31+/m0/s1. The molecule has 0 saturated carbocycles. The lowest BCUT2D eigenvalue weighted by atomic mass is 9.87. The molecule has 0 radical (unpaired) electrons. The Morgan fingerprint density at radius 1 is 0.729 bits per heavy atom. The molecule has 9 heteroatoms. The van der Waals surface area contributed by atoms with E-state index in [9.17, 15) is 0 Å². The van der Waals surface area contributed by atoms with Gasteiger partial charge in [-0.3, -0.25) is 9.80 Å². The maximum Gasteiger partial charge on any atom is 0.204 e. The van der Waals surface area contributed by atoms with Crippen LogP contribution in [0.25, 0.3) is 11.1 Å². The average Bonchev–Trinajstić information content (AvgIpc) is 3.47. The van der Waals surface area contributed by atoms with Crippen molar-refractivity contribution in [1.82, 2.24) is 14.8 Å². The Morgan fingerprint density at radius 3 is 2.19 bits per heavy atom. The number of fused-ring (bicyclic) bond motifs is 3. The third kappa shape index (κ3) is 5.22. The van der Waals surface area contributed by atoms with Crippen LogP contribution in [0.5, 0.6) is 40.2 Å². The lowest BCUT2D eigenvalue weighted by Crippen LogP contribution is -2.34. The maximum absolute atomic E-state index is 7.06. The molecule has 0 aliphatic carbocycles. The molecule has 5 aromatic rings. The molecular formula is C39H41N3O6. The van der Waals surface area contributed by atoms with E-state index in [1.54, 1.807) is 21.3 Å². The van der Waals surface area contributed by atoms with Crippen molar-refractivity contribution < 1.29 is 28.1 Å². The van der Waals surface area contributed by atoms with Crippen molar-refractivity contribution in [3.05, 3.63) is 93.9 Å². The first kappa shape index (κ1) is 30.6. The molecule has 1 aromatic heterocycles. The summed E-state index contributed by atoms with van der Waals surface area (Å²) in [6, 6.07) is 19.1. The van der Waals surface area contributed by atoms with Crippen molar-refractivity contribution in [1.29, 1.82) is 0 Å². The van der Waals surface area contributed by atoms with Crippen LogP contribution in [0, 0.1) is 6.92 Å². The summed E-state index contributed by atoms with van der Waals surface area (Å²) in [5.41, 5.74) is 8.47. The first-order chi connectivity index (χ1) is 23.3. The Hall–Kier alpha value is -4.73. The fourth-order valence-corrected chi connectivity index (χ4v) is 7.71. The van der Waals surface area contributed by atoms with Crippen LogP contribution < -0.4 is 23.7 Å². The zero-order valence-electron chi connectivity index (χ0n) is 28.4. The van der Waals surface area contributed by atoms with Crippen molar-refractivity contribution in [3.8, 4) is 40.2 Å². The average molecular weight is 648 g/mol. The predicted octanol–water partition coefficient (Wildman–Crippen LogP) is 7.60. The molecule has 5 heterocycles. The number of ether oxygens (including phenoxy) is 5. The molecule has 248 valence electrons. The number of aromatic nitrogens is 1. The largest absolute Gasteiger partial charge is 0.493 e. The molecule has 0 unspecified atom stereocenters. The van der Waals surface area contributed by atoms with Gasteiger partial charge >= 0.3 is 0 Å². The van der Waals surface area contributed by atoms with Gasteiger partial charge in [0.2, 0.25) is 5.75 Å². The monoisotopic (exact) mass is 647 g/mol. The van der Waals surface area contributed by atoms with Gasteiger partial charge in [0, 0.05) is 37.7 Å². The van der Waals surface area contributed by atoms with Gasteiger partial charge in [-0.25, -0.2) is 4.98 Å². The van der Waals surface area contributed by atoms with E-state index < -0.39 is 0 Å². The van der Waals surface area contributed by atoms with Gasteiger partial charge in [-0.05, 0) is 110 Å². The van der Waals surface area contributed by atoms with Crippen LogP contribution in [0.4, 0.5) is 0 Å². The third-order valence-corrected chi connectivity index (χ3v) is 10.2. The lowest BCUT2D eigenvalue weighted by molar-refractivity contribution is 0.220. The molecule has 0 fully saturated rings. The van der Waals surface area contributed by atoms with Crippen LogP contribution in [0.2, 0.25) is 0 Å². The summed E-state index contributed by atoms with van der Waals surface area (Å²) in [6.45, 7) is 3.70. The second-order valence-corrected chi connectivity index (χ2v) is 13.1. The Bertz CT molecular complexity index is 2020. The minimum Gasteiger partial charge on any atom is -0.493 e. The maximum atomic E-state index is 7.06. The summed E-state index contributed by atoms with van der Waals surface area (Å²) in [4.78, 5) is 9.51. The SMILES string of the molecule is COc1cc2c3cc1Oc1c(OC)c(OC)cc4c1[C@@H](Cc1cc(c5oc(C)nc5c1)Oc1ccc(cc1)C[C@@H]3N(C)CC2)N(C)CC4. The zero-order valence-corrected chi connectivity index (χ0v) is 28.4. The van der Waals surface area contributed by atoms with Crippen LogP contribution in [-0.2, 0) is 25.7 Å². The van der Waals surface area contributed by atoms with Crippen LogP contribution in [0.15, 0.2) is 59.0 Å². The van der Waals surface area contributed by atoms with E-state index in [2.05, 4.69) is 66.4 Å². The number of nitrogens with zero attached hydrogens (tertiary/aromatic N) is 3. The minimum atomic E-state index is -0.0393. The van der Waals surface area contributed by atoms with Gasteiger partial charge in [0.25, 0.3) is 0 Å². The molecule has 0 saturated heterocycles. The van der Waals surface area contributed by atoms with Gasteiger partial charge < -0.3 is 28.1 Å². The second kappa shape index (κ2) is 12.1. The van der Waals surface area contributed by atoms with Crippen molar-refractivity contribution in [2.24, 2.45) is 0 Å². The van der Waals surface area contributed by atoms with Gasteiger partial charge in [0.1, 0.15) is 11.3 Å². The second-order valence-electron chi connectivity index (χ2n) is 13.1. The number of oxazole rings is 1. The summed E-state index contributed by atoms with van der Waals surface area (Å²) in [5.74, 6) is 5.20. The molecule has 6 bridgehead atoms. The van der Waals surface area contributed by atoms with E-state index >= 15 is 0 Å². The van der Waals surface area contributed by atoms with E-state index in [4.69, 9.17) is 33.1 Å². The van der Waals surface area contributed by atoms with Gasteiger partial charge in [-0.1, -0.05) is 12.1 Å². The lowest BCUT2D eigenvalue weighted by Gasteiger charge is -2.37. The molecule has 9 nitrogen and oxygen atoms in total. The highest BCUT2D eigenvalue weighted by molar-refractivity contribution is 5.81. The molecule has 2 atom stereocenters. The van der Waals surface area contributed by atoms with Crippen molar-refractivity contribution in [3.63, 3.8) is 0 Å². The first-order valence-electron chi connectivity index (χ1n) is 16.6. The first-order valence-corrected chi connectivity index (χ1v) is 16.6. The highest BCUT2D eigenvalue weighted by atomic mass is 16.5. The summed E-state index contributed by atoms with van der Waals surface area (Å²) in [5, 5.41) is 0. The summed E-state index contributed by atoms with van der Waals surface area (Å²) in [6.07, 6.45) is 3.30. The topological polar surface area (TPSA) is 78.7 Å². The Morgan fingerprint density at radius 2 is 1.44 bits per heavy atom. The fourth-order valence-electron chi connectivity index (χ4n) is 7.71. The van der Waals surface area contributed by atoms with E-state index in [0.717, 1.165) is 54.7 Å². The molecular weight excluding hydrogens is 606 g/mol. The minimum absolute atomic E-state index is 0.0393. The fraction of sp³-hybridized carbons (Fsp3) is 0.359. The number of hydrogen-bond donors (Lipinski definition) is 0. The van der Waals surface area contributed by atoms with Crippen LogP contribution in [-0.4, -0.2) is 63.3 Å². The van der Waals surface area contributed by atoms with Crippen molar-refractivity contribution in [2.75, 3.05) is 48.5 Å². The Labute approximate surface area is 280 Å². The summed E-state index contributed by atoms with van der Waals surface area (Å²) in [7, 11) is 9.41. The van der Waals surface area contributed by atoms with Crippen LogP contribution in [0.1, 0.15) is 51.4 Å². The molecule has 0 N–H and O–H groups in total. The highest BCUT2D eigenvalue weighted by Gasteiger charge is 2.35. The van der Waals surface area contributed by atoms with E-state index in [1.807, 2.05) is 19.1 Å². The Balaban J connectivity index is 1.38. The number of methoxy groups -OCH3 is 3. The van der Waals surface area contributed by atoms with Crippen LogP contribution in [0.3, 0.4) is 0 Å². The van der Waals surface area contributed by atoms with E-state index in [1.165, 1.54) is 22.3 Å². The van der Waals surface area contributed by atoms with Crippen molar-refractivity contribution >= 4 is 11.1 Å². The number of benzene rings is 4. The molecule has 0 spiro atoms. The Kier molecular flexibility index (Phi) is 7.69. The van der Waals surface area contributed by atoms with Gasteiger partial charge in [0.15, 0.2) is 40.2 Å². The molecule has 4 aromatic carbocycles. The summed E-state index contributed by atoms with van der Waals surface area (Å²) < 4.78 is 37.6.